The lowest BCUT2D eigenvalue weighted by atomic mass is 9.98. The monoisotopic (exact) mass is 362 g/mol. The second-order valence-electron chi connectivity index (χ2n) is 5.42. The highest BCUT2D eigenvalue weighted by Crippen LogP contribution is 2.40. The first-order chi connectivity index (χ1) is 12.5. The molecule has 0 atom stereocenters. The topological polar surface area (TPSA) is 54.0 Å². The van der Waals surface area contributed by atoms with Gasteiger partial charge in [0, 0.05) is 5.57 Å². The SMILES string of the molecule is COc1cc(/C=C2\COc3ccccc3C2=O)cc(OC)c1OC(F)F. The molecule has 1 aliphatic heterocycles. The van der Waals surface area contributed by atoms with E-state index in [1.165, 1.54) is 26.4 Å². The number of benzene rings is 2. The van der Waals surface area contributed by atoms with E-state index in [1.54, 1.807) is 30.3 Å². The second-order valence-corrected chi connectivity index (χ2v) is 5.42. The summed E-state index contributed by atoms with van der Waals surface area (Å²) in [7, 11) is 2.66. The normalized spacial score (nSPS) is 14.8. The van der Waals surface area contributed by atoms with Crippen molar-refractivity contribution in [3.8, 4) is 23.0 Å². The molecule has 2 aromatic carbocycles. The van der Waals surface area contributed by atoms with Crippen molar-refractivity contribution in [1.29, 1.82) is 0 Å². The number of rotatable bonds is 5. The van der Waals surface area contributed by atoms with Crippen LogP contribution in [0.25, 0.3) is 6.08 Å². The number of methoxy groups -OCH3 is 2. The molecule has 0 amide bonds. The molecule has 0 spiro atoms. The highest BCUT2D eigenvalue weighted by atomic mass is 19.3. The number of fused-ring (bicyclic) bond motifs is 1. The Bertz CT molecular complexity index is 836. The van der Waals surface area contributed by atoms with Gasteiger partial charge in [-0.2, -0.15) is 8.78 Å². The molecule has 1 aliphatic rings. The highest BCUT2D eigenvalue weighted by Gasteiger charge is 2.23. The van der Waals surface area contributed by atoms with Crippen LogP contribution in [0.5, 0.6) is 23.0 Å². The van der Waals surface area contributed by atoms with Crippen LogP contribution in [0, 0.1) is 0 Å². The zero-order valence-corrected chi connectivity index (χ0v) is 14.1. The third kappa shape index (κ3) is 3.46. The number of para-hydroxylation sites is 1. The Morgan fingerprint density at radius 1 is 1.12 bits per heavy atom. The maximum absolute atomic E-state index is 12.6. The van der Waals surface area contributed by atoms with E-state index >= 15 is 0 Å². The summed E-state index contributed by atoms with van der Waals surface area (Å²) in [5.41, 5.74) is 1.43. The second kappa shape index (κ2) is 7.43. The lowest BCUT2D eigenvalue weighted by Crippen LogP contribution is -2.18. The first-order valence-electron chi connectivity index (χ1n) is 7.71. The van der Waals surface area contributed by atoms with Gasteiger partial charge in [0.2, 0.25) is 5.75 Å². The predicted octanol–water partition coefficient (Wildman–Crippen LogP) is 3.96. The number of ether oxygens (including phenoxy) is 4. The number of carbonyl (C=O) groups excluding carboxylic acids is 1. The van der Waals surface area contributed by atoms with Gasteiger partial charge in [0.15, 0.2) is 17.3 Å². The van der Waals surface area contributed by atoms with Crippen molar-refractivity contribution in [3.63, 3.8) is 0 Å². The summed E-state index contributed by atoms with van der Waals surface area (Å²) in [5.74, 6) is 0.314. The molecule has 0 aromatic heterocycles. The van der Waals surface area contributed by atoms with Crippen molar-refractivity contribution in [2.75, 3.05) is 20.8 Å². The van der Waals surface area contributed by atoms with Gasteiger partial charge in [0.25, 0.3) is 0 Å². The van der Waals surface area contributed by atoms with Crippen LogP contribution >= 0.6 is 0 Å². The summed E-state index contributed by atoms with van der Waals surface area (Å²) in [6, 6.07) is 9.93. The van der Waals surface area contributed by atoms with Crippen LogP contribution in [-0.2, 0) is 0 Å². The van der Waals surface area contributed by atoms with Gasteiger partial charge in [0.1, 0.15) is 12.4 Å². The average molecular weight is 362 g/mol. The van der Waals surface area contributed by atoms with E-state index in [0.717, 1.165) is 0 Å². The molecular weight excluding hydrogens is 346 g/mol. The van der Waals surface area contributed by atoms with Gasteiger partial charge in [0.05, 0.1) is 19.8 Å². The minimum Gasteiger partial charge on any atom is -0.493 e. The molecule has 0 saturated carbocycles. The van der Waals surface area contributed by atoms with E-state index in [2.05, 4.69) is 4.74 Å². The van der Waals surface area contributed by atoms with Gasteiger partial charge in [-0.25, -0.2) is 0 Å². The number of ketones is 1. The molecule has 1 heterocycles. The van der Waals surface area contributed by atoms with Gasteiger partial charge in [-0.05, 0) is 35.9 Å². The van der Waals surface area contributed by atoms with E-state index in [1.807, 2.05) is 0 Å². The van der Waals surface area contributed by atoms with Crippen LogP contribution in [0.4, 0.5) is 8.78 Å². The summed E-state index contributed by atoms with van der Waals surface area (Å²) in [5, 5.41) is 0. The number of hydrogen-bond donors (Lipinski definition) is 0. The molecule has 0 unspecified atom stereocenters. The maximum Gasteiger partial charge on any atom is 0.387 e. The Kier molecular flexibility index (Phi) is 5.06. The number of carbonyl (C=O) groups is 1. The zero-order valence-electron chi connectivity index (χ0n) is 14.1. The van der Waals surface area contributed by atoms with Crippen LogP contribution in [0.3, 0.4) is 0 Å². The smallest absolute Gasteiger partial charge is 0.387 e. The molecule has 0 aliphatic carbocycles. The Balaban J connectivity index is 2.00. The summed E-state index contributed by atoms with van der Waals surface area (Å²) in [4.78, 5) is 12.6. The number of hydrogen-bond acceptors (Lipinski definition) is 5. The Morgan fingerprint density at radius 3 is 2.38 bits per heavy atom. The molecule has 0 radical (unpaired) electrons. The Morgan fingerprint density at radius 2 is 1.77 bits per heavy atom. The first kappa shape index (κ1) is 17.7. The fraction of sp³-hybridized carbons (Fsp3) is 0.211. The lowest BCUT2D eigenvalue weighted by Gasteiger charge is -2.19. The zero-order chi connectivity index (χ0) is 18.7. The molecule has 136 valence electrons. The summed E-state index contributed by atoms with van der Waals surface area (Å²) in [6.45, 7) is -2.91. The van der Waals surface area contributed by atoms with E-state index in [4.69, 9.17) is 14.2 Å². The van der Waals surface area contributed by atoms with Gasteiger partial charge < -0.3 is 18.9 Å². The Hall–Kier alpha value is -3.09. The van der Waals surface area contributed by atoms with Crippen LogP contribution in [0.1, 0.15) is 15.9 Å². The minimum atomic E-state index is -3.02. The van der Waals surface area contributed by atoms with E-state index in [0.29, 0.717) is 22.4 Å². The minimum absolute atomic E-state index is 0.0704. The van der Waals surface area contributed by atoms with Crippen LogP contribution < -0.4 is 18.9 Å². The van der Waals surface area contributed by atoms with E-state index < -0.39 is 6.61 Å². The maximum atomic E-state index is 12.6. The number of halogens is 2. The molecular formula is C19H16F2O5. The molecule has 0 saturated heterocycles. The fourth-order valence-corrected chi connectivity index (χ4v) is 2.67. The van der Waals surface area contributed by atoms with Crippen molar-refractivity contribution < 1.29 is 32.5 Å². The molecule has 0 fully saturated rings. The van der Waals surface area contributed by atoms with Crippen molar-refractivity contribution in [2.45, 2.75) is 6.61 Å². The van der Waals surface area contributed by atoms with Gasteiger partial charge in [-0.3, -0.25) is 4.79 Å². The molecule has 3 rings (SSSR count). The highest BCUT2D eigenvalue weighted by molar-refractivity contribution is 6.14. The third-order valence-corrected chi connectivity index (χ3v) is 3.84. The van der Waals surface area contributed by atoms with Crippen LogP contribution in [0.2, 0.25) is 0 Å². The fourth-order valence-electron chi connectivity index (χ4n) is 2.67. The van der Waals surface area contributed by atoms with Crippen LogP contribution in [0.15, 0.2) is 42.0 Å². The lowest BCUT2D eigenvalue weighted by molar-refractivity contribution is -0.0526. The largest absolute Gasteiger partial charge is 0.493 e. The molecule has 0 N–H and O–H groups in total. The number of alkyl halides is 2. The molecule has 5 nitrogen and oxygen atoms in total. The predicted molar refractivity (Wildman–Crippen MR) is 90.4 cm³/mol. The van der Waals surface area contributed by atoms with Gasteiger partial charge in [-0.1, -0.05) is 12.1 Å². The first-order valence-corrected chi connectivity index (χ1v) is 7.71. The van der Waals surface area contributed by atoms with Gasteiger partial charge >= 0.3 is 6.61 Å². The average Bonchev–Trinajstić information content (AvgIpc) is 2.64. The summed E-state index contributed by atoms with van der Waals surface area (Å²) >= 11 is 0. The molecule has 26 heavy (non-hydrogen) atoms. The molecule has 0 bridgehead atoms. The van der Waals surface area contributed by atoms with Crippen molar-refractivity contribution in [3.05, 3.63) is 53.1 Å². The Labute approximate surface area is 148 Å². The van der Waals surface area contributed by atoms with Crippen molar-refractivity contribution >= 4 is 11.9 Å². The van der Waals surface area contributed by atoms with Crippen molar-refractivity contribution in [1.82, 2.24) is 0 Å². The summed E-state index contributed by atoms with van der Waals surface area (Å²) < 4.78 is 45.5. The molecule has 7 heteroatoms. The molecule has 2 aromatic rings. The quantitative estimate of drug-likeness (QED) is 0.754. The van der Waals surface area contributed by atoms with Crippen molar-refractivity contribution in [2.24, 2.45) is 0 Å². The van der Waals surface area contributed by atoms with Gasteiger partial charge in [-0.15, -0.1) is 0 Å². The number of Topliss-reactive ketones (excluding diaryl/α,β-unsaturated/α-hetero) is 1. The summed E-state index contributed by atoms with van der Waals surface area (Å²) in [6.07, 6.45) is 1.61. The standard InChI is InChI=1S/C19H16F2O5/c1-23-15-8-11(9-16(24-2)18(15)26-19(20)21)7-12-10-25-14-6-4-3-5-13(14)17(12)22/h3-9,19H,10H2,1-2H3/b12-7+. The van der Waals surface area contributed by atoms with E-state index in [-0.39, 0.29) is 29.6 Å². The van der Waals surface area contributed by atoms with E-state index in [9.17, 15) is 13.6 Å². The third-order valence-electron chi connectivity index (χ3n) is 3.84. The van der Waals surface area contributed by atoms with Crippen LogP contribution in [-0.4, -0.2) is 33.2 Å².